The Labute approximate surface area is 122 Å². The van der Waals surface area contributed by atoms with Crippen LogP contribution in [0.5, 0.6) is 0 Å². The summed E-state index contributed by atoms with van der Waals surface area (Å²) in [5.41, 5.74) is -1.77. The number of benzene rings is 1. The normalized spacial score (nSPS) is 20.8. The molecule has 1 amide bonds. The van der Waals surface area contributed by atoms with Gasteiger partial charge < -0.3 is 15.2 Å². The molecule has 0 saturated carbocycles. The van der Waals surface area contributed by atoms with E-state index in [1.165, 1.54) is 18.2 Å². The van der Waals surface area contributed by atoms with Gasteiger partial charge in [-0.1, -0.05) is 12.1 Å². The van der Waals surface area contributed by atoms with Crippen LogP contribution in [0.25, 0.3) is 0 Å². The molecule has 6 heteroatoms. The average Bonchev–Trinajstić information content (AvgIpc) is 2.68. The molecule has 0 aliphatic heterocycles. The summed E-state index contributed by atoms with van der Waals surface area (Å²) in [6.45, 7) is 5.05. The van der Waals surface area contributed by atoms with Crippen LogP contribution in [-0.4, -0.2) is 22.8 Å². The Bertz CT molecular complexity index is 594. The summed E-state index contributed by atoms with van der Waals surface area (Å²) >= 11 is 0. The number of carbonyl (C=O) groups excluding carboxylic acids is 1. The van der Waals surface area contributed by atoms with Gasteiger partial charge >= 0.3 is 12.1 Å². The van der Waals surface area contributed by atoms with Crippen molar-refractivity contribution in [3.63, 3.8) is 0 Å². The van der Waals surface area contributed by atoms with Gasteiger partial charge in [-0.2, -0.15) is 0 Å². The van der Waals surface area contributed by atoms with Crippen LogP contribution in [-0.2, 0) is 21.5 Å². The molecule has 0 heterocycles. The Hall–Kier alpha value is -2.11. The van der Waals surface area contributed by atoms with Gasteiger partial charge in [0.25, 0.3) is 0 Å². The van der Waals surface area contributed by atoms with Crippen LogP contribution < -0.4 is 5.32 Å². The molecule has 1 aromatic carbocycles. The number of aliphatic carboxylic acids is 1. The summed E-state index contributed by atoms with van der Waals surface area (Å²) in [5.74, 6) is -1.68. The largest absolute Gasteiger partial charge is 0.479 e. The number of hydrogen-bond acceptors (Lipinski definition) is 3. The second-order valence-electron chi connectivity index (χ2n) is 6.10. The molecule has 114 valence electrons. The summed E-state index contributed by atoms with van der Waals surface area (Å²) in [5, 5.41) is 12.0. The summed E-state index contributed by atoms with van der Waals surface area (Å²) in [6.07, 6.45) is -0.482. The van der Waals surface area contributed by atoms with Crippen LogP contribution in [0.3, 0.4) is 0 Å². The molecule has 1 aliphatic rings. The Morgan fingerprint density at radius 2 is 2.05 bits per heavy atom. The number of carboxylic acid groups (broad SMARTS) is 1. The van der Waals surface area contributed by atoms with Crippen LogP contribution in [0.15, 0.2) is 18.2 Å². The van der Waals surface area contributed by atoms with E-state index in [9.17, 15) is 19.1 Å². The second kappa shape index (κ2) is 5.02. The van der Waals surface area contributed by atoms with Gasteiger partial charge in [0.05, 0.1) is 0 Å². The van der Waals surface area contributed by atoms with E-state index in [4.69, 9.17) is 4.74 Å². The number of fused-ring (bicyclic) bond motifs is 1. The van der Waals surface area contributed by atoms with Crippen molar-refractivity contribution in [1.29, 1.82) is 0 Å². The maximum atomic E-state index is 13.8. The number of carbonyl (C=O) groups is 2. The van der Waals surface area contributed by atoms with E-state index in [0.717, 1.165) is 0 Å². The number of halogens is 1. The predicted molar refractivity (Wildman–Crippen MR) is 73.4 cm³/mol. The molecule has 0 aromatic heterocycles. The van der Waals surface area contributed by atoms with Crippen molar-refractivity contribution in [3.8, 4) is 0 Å². The molecule has 0 spiro atoms. The minimum Gasteiger partial charge on any atom is -0.479 e. The molecule has 1 unspecified atom stereocenters. The maximum Gasteiger partial charge on any atom is 0.408 e. The van der Waals surface area contributed by atoms with E-state index in [1.54, 1.807) is 20.8 Å². The van der Waals surface area contributed by atoms with Crippen molar-refractivity contribution < 1.29 is 23.8 Å². The lowest BCUT2D eigenvalue weighted by Crippen LogP contribution is -2.51. The zero-order valence-corrected chi connectivity index (χ0v) is 12.2. The maximum absolute atomic E-state index is 13.8. The van der Waals surface area contributed by atoms with Crippen molar-refractivity contribution in [3.05, 3.63) is 35.1 Å². The van der Waals surface area contributed by atoms with Crippen molar-refractivity contribution in [2.75, 3.05) is 0 Å². The van der Waals surface area contributed by atoms with E-state index >= 15 is 0 Å². The average molecular weight is 295 g/mol. The van der Waals surface area contributed by atoms with Gasteiger partial charge in [-0.3, -0.25) is 0 Å². The van der Waals surface area contributed by atoms with Crippen molar-refractivity contribution in [2.24, 2.45) is 0 Å². The van der Waals surface area contributed by atoms with Gasteiger partial charge in [0, 0.05) is 0 Å². The molecule has 0 radical (unpaired) electrons. The molecule has 1 atom stereocenters. The Morgan fingerprint density at radius 1 is 1.38 bits per heavy atom. The fraction of sp³-hybridized carbons (Fsp3) is 0.467. The zero-order valence-electron chi connectivity index (χ0n) is 12.2. The molecule has 1 aliphatic carbocycles. The van der Waals surface area contributed by atoms with Crippen LogP contribution in [0.4, 0.5) is 9.18 Å². The van der Waals surface area contributed by atoms with E-state index in [1.807, 2.05) is 0 Å². The highest BCUT2D eigenvalue weighted by atomic mass is 19.1. The van der Waals surface area contributed by atoms with Gasteiger partial charge in [0.1, 0.15) is 11.4 Å². The van der Waals surface area contributed by atoms with E-state index < -0.39 is 29.0 Å². The number of amides is 1. The smallest absolute Gasteiger partial charge is 0.408 e. The second-order valence-corrected chi connectivity index (χ2v) is 6.10. The molecule has 5 nitrogen and oxygen atoms in total. The van der Waals surface area contributed by atoms with Crippen LogP contribution in [0.1, 0.15) is 38.3 Å². The number of carboxylic acids is 1. The van der Waals surface area contributed by atoms with Gasteiger partial charge in [-0.25, -0.2) is 14.0 Å². The third-order valence-corrected chi connectivity index (χ3v) is 3.41. The van der Waals surface area contributed by atoms with Crippen molar-refractivity contribution >= 4 is 12.1 Å². The van der Waals surface area contributed by atoms with Crippen LogP contribution in [0.2, 0.25) is 0 Å². The van der Waals surface area contributed by atoms with Crippen molar-refractivity contribution in [1.82, 2.24) is 5.32 Å². The minimum atomic E-state index is -1.64. The molecule has 2 N–H and O–H groups in total. The fourth-order valence-electron chi connectivity index (χ4n) is 2.54. The summed E-state index contributed by atoms with van der Waals surface area (Å²) < 4.78 is 18.9. The number of hydrogen-bond donors (Lipinski definition) is 2. The molecule has 2 rings (SSSR count). The van der Waals surface area contributed by atoms with Gasteiger partial charge in [0.2, 0.25) is 0 Å². The minimum absolute atomic E-state index is 0.0951. The first kappa shape index (κ1) is 15.3. The van der Waals surface area contributed by atoms with Crippen LogP contribution >= 0.6 is 0 Å². The number of ether oxygens (including phenoxy) is 1. The summed E-state index contributed by atoms with van der Waals surface area (Å²) in [4.78, 5) is 23.6. The third-order valence-electron chi connectivity index (χ3n) is 3.41. The SMILES string of the molecule is CC(C)(C)OC(=O)NC1(C(=O)O)CCc2c(F)cccc21. The molecular weight excluding hydrogens is 277 g/mol. The number of rotatable bonds is 2. The number of nitrogens with one attached hydrogen (secondary N) is 1. The molecule has 0 saturated heterocycles. The molecular formula is C15H18FNO4. The van der Waals surface area contributed by atoms with E-state index in [0.29, 0.717) is 5.56 Å². The first-order valence-electron chi connectivity index (χ1n) is 6.68. The highest BCUT2D eigenvalue weighted by Crippen LogP contribution is 2.38. The summed E-state index contributed by atoms with van der Waals surface area (Å²) in [6, 6.07) is 4.25. The lowest BCUT2D eigenvalue weighted by molar-refractivity contribution is -0.145. The van der Waals surface area contributed by atoms with E-state index in [-0.39, 0.29) is 18.4 Å². The molecule has 0 fully saturated rings. The highest BCUT2D eigenvalue weighted by Gasteiger charge is 2.48. The zero-order chi connectivity index (χ0) is 15.8. The van der Waals surface area contributed by atoms with Crippen molar-refractivity contribution in [2.45, 2.75) is 44.8 Å². The Kier molecular flexibility index (Phi) is 3.65. The third kappa shape index (κ3) is 2.84. The first-order valence-corrected chi connectivity index (χ1v) is 6.68. The number of alkyl carbamates (subject to hydrolysis) is 1. The fourth-order valence-corrected chi connectivity index (χ4v) is 2.54. The lowest BCUT2D eigenvalue weighted by atomic mass is 9.92. The van der Waals surface area contributed by atoms with Crippen LogP contribution in [0, 0.1) is 5.82 Å². The molecule has 0 bridgehead atoms. The van der Waals surface area contributed by atoms with Gasteiger partial charge in [-0.05, 0) is 50.8 Å². The quantitative estimate of drug-likeness (QED) is 0.879. The topological polar surface area (TPSA) is 75.6 Å². The lowest BCUT2D eigenvalue weighted by Gasteiger charge is -2.29. The highest BCUT2D eigenvalue weighted by molar-refractivity contribution is 5.87. The standard InChI is InChI=1S/C15H18FNO4/c1-14(2,3)21-13(20)17-15(12(18)19)8-7-9-10(15)5-4-6-11(9)16/h4-6H,7-8H2,1-3H3,(H,17,20)(H,18,19). The first-order chi connectivity index (χ1) is 9.66. The van der Waals surface area contributed by atoms with Gasteiger partial charge in [0.15, 0.2) is 5.54 Å². The Morgan fingerprint density at radius 3 is 2.62 bits per heavy atom. The predicted octanol–water partition coefficient (Wildman–Crippen LogP) is 2.58. The summed E-state index contributed by atoms with van der Waals surface area (Å²) in [7, 11) is 0. The molecule has 1 aromatic rings. The molecule has 21 heavy (non-hydrogen) atoms. The monoisotopic (exact) mass is 295 g/mol. The van der Waals surface area contributed by atoms with E-state index in [2.05, 4.69) is 5.32 Å². The Balaban J connectivity index is 2.36. The van der Waals surface area contributed by atoms with Gasteiger partial charge in [-0.15, -0.1) is 0 Å².